The van der Waals surface area contributed by atoms with E-state index in [0.717, 1.165) is 29.4 Å². The van der Waals surface area contributed by atoms with Gasteiger partial charge in [0.05, 0.1) is 29.1 Å². The first-order valence-electron chi connectivity index (χ1n) is 7.95. The van der Waals surface area contributed by atoms with Crippen molar-refractivity contribution in [3.63, 3.8) is 0 Å². The molecule has 0 radical (unpaired) electrons. The summed E-state index contributed by atoms with van der Waals surface area (Å²) in [4.78, 5) is 23.9. The van der Waals surface area contributed by atoms with Crippen molar-refractivity contribution in [2.75, 3.05) is 0 Å². The van der Waals surface area contributed by atoms with Crippen LogP contribution in [0.1, 0.15) is 38.3 Å². The number of carbonyl (C=O) groups excluding carboxylic acids is 1. The molecular formula is C17H21N3O3. The summed E-state index contributed by atoms with van der Waals surface area (Å²) in [6, 6.07) is 7.61. The molecule has 6 heteroatoms. The second-order valence-corrected chi connectivity index (χ2v) is 6.50. The van der Waals surface area contributed by atoms with E-state index in [1.165, 1.54) is 0 Å². The zero-order chi connectivity index (χ0) is 16.4. The largest absolute Gasteiger partial charge is 0.481 e. The molecule has 1 aliphatic rings. The summed E-state index contributed by atoms with van der Waals surface area (Å²) in [5.74, 6) is -1.53. The maximum atomic E-state index is 12.4. The lowest BCUT2D eigenvalue weighted by Gasteiger charge is -2.39. The molecule has 1 aliphatic carbocycles. The number of benzene rings is 1. The van der Waals surface area contributed by atoms with Gasteiger partial charge in [-0.05, 0) is 25.8 Å². The highest BCUT2D eigenvalue weighted by molar-refractivity contribution is 5.88. The number of para-hydroxylation sites is 1. The summed E-state index contributed by atoms with van der Waals surface area (Å²) in [5.41, 5.74) is 0.892. The Bertz CT molecular complexity index is 740. The van der Waals surface area contributed by atoms with Crippen molar-refractivity contribution in [2.24, 2.45) is 5.92 Å². The third-order valence-corrected chi connectivity index (χ3v) is 4.81. The fourth-order valence-corrected chi connectivity index (χ4v) is 3.55. The van der Waals surface area contributed by atoms with Crippen molar-refractivity contribution in [1.29, 1.82) is 0 Å². The fraction of sp³-hybridized carbons (Fsp3) is 0.471. The van der Waals surface area contributed by atoms with Crippen LogP contribution in [-0.4, -0.2) is 32.7 Å². The van der Waals surface area contributed by atoms with Gasteiger partial charge in [-0.3, -0.25) is 14.7 Å². The van der Waals surface area contributed by atoms with Crippen LogP contribution in [0.5, 0.6) is 0 Å². The summed E-state index contributed by atoms with van der Waals surface area (Å²) in [5, 5.41) is 20.4. The van der Waals surface area contributed by atoms with Gasteiger partial charge in [0.15, 0.2) is 0 Å². The first kappa shape index (κ1) is 15.5. The zero-order valence-electron chi connectivity index (χ0n) is 13.1. The number of aromatic nitrogens is 2. The van der Waals surface area contributed by atoms with Crippen molar-refractivity contribution < 1.29 is 14.7 Å². The van der Waals surface area contributed by atoms with E-state index in [0.29, 0.717) is 12.8 Å². The Kier molecular flexibility index (Phi) is 4.07. The Morgan fingerprint density at radius 1 is 1.39 bits per heavy atom. The smallest absolute Gasteiger partial charge is 0.308 e. The highest BCUT2D eigenvalue weighted by Gasteiger charge is 2.42. The van der Waals surface area contributed by atoms with Gasteiger partial charge in [-0.25, -0.2) is 0 Å². The molecule has 0 spiro atoms. The number of hydrogen-bond donors (Lipinski definition) is 3. The lowest BCUT2D eigenvalue weighted by Crippen LogP contribution is -2.55. The van der Waals surface area contributed by atoms with Crippen molar-refractivity contribution in [3.8, 4) is 0 Å². The van der Waals surface area contributed by atoms with Crippen LogP contribution < -0.4 is 5.32 Å². The first-order valence-corrected chi connectivity index (χ1v) is 7.95. The molecule has 0 saturated heterocycles. The molecule has 1 saturated carbocycles. The second-order valence-electron chi connectivity index (χ2n) is 6.50. The van der Waals surface area contributed by atoms with E-state index in [4.69, 9.17) is 0 Å². The summed E-state index contributed by atoms with van der Waals surface area (Å²) >= 11 is 0. The van der Waals surface area contributed by atoms with Gasteiger partial charge in [0.1, 0.15) is 0 Å². The number of amides is 1. The Labute approximate surface area is 134 Å². The predicted molar refractivity (Wildman–Crippen MR) is 85.9 cm³/mol. The third-order valence-electron chi connectivity index (χ3n) is 4.81. The molecule has 2 unspecified atom stereocenters. The summed E-state index contributed by atoms with van der Waals surface area (Å²) in [6.07, 6.45) is 3.31. The van der Waals surface area contributed by atoms with Gasteiger partial charge in [-0.1, -0.05) is 31.0 Å². The minimum Gasteiger partial charge on any atom is -0.481 e. The van der Waals surface area contributed by atoms with Gasteiger partial charge in [0.2, 0.25) is 5.91 Å². The highest BCUT2D eigenvalue weighted by Crippen LogP contribution is 2.34. The Balaban J connectivity index is 1.74. The molecule has 1 aromatic heterocycles. The number of fused-ring (bicyclic) bond motifs is 1. The molecule has 2 atom stereocenters. The van der Waals surface area contributed by atoms with E-state index in [-0.39, 0.29) is 12.3 Å². The molecule has 0 aliphatic heterocycles. The van der Waals surface area contributed by atoms with Crippen LogP contribution in [-0.2, 0) is 16.0 Å². The summed E-state index contributed by atoms with van der Waals surface area (Å²) in [7, 11) is 0. The fourth-order valence-electron chi connectivity index (χ4n) is 3.55. The van der Waals surface area contributed by atoms with Crippen LogP contribution in [0.2, 0.25) is 0 Å². The maximum absolute atomic E-state index is 12.4. The Morgan fingerprint density at radius 3 is 2.96 bits per heavy atom. The van der Waals surface area contributed by atoms with Gasteiger partial charge in [0, 0.05) is 5.39 Å². The average molecular weight is 315 g/mol. The van der Waals surface area contributed by atoms with Gasteiger partial charge in [-0.15, -0.1) is 0 Å². The number of aromatic amines is 1. The van der Waals surface area contributed by atoms with E-state index in [1.54, 1.807) is 0 Å². The van der Waals surface area contributed by atoms with E-state index in [1.807, 2.05) is 31.2 Å². The Hall–Kier alpha value is -2.37. The third kappa shape index (κ3) is 3.06. The first-order chi connectivity index (χ1) is 11.0. The van der Waals surface area contributed by atoms with E-state index in [2.05, 4.69) is 15.5 Å². The average Bonchev–Trinajstić information content (AvgIpc) is 2.90. The zero-order valence-corrected chi connectivity index (χ0v) is 13.1. The molecule has 3 rings (SSSR count). The molecule has 1 amide bonds. The monoisotopic (exact) mass is 315 g/mol. The second kappa shape index (κ2) is 6.02. The number of carbonyl (C=O) groups is 2. The summed E-state index contributed by atoms with van der Waals surface area (Å²) in [6.45, 7) is 1.84. The topological polar surface area (TPSA) is 95.1 Å². The standard InChI is InChI=1S/C17H21N3O3/c1-17(9-5-4-7-12(17)16(22)23)18-15(21)10-14-11-6-2-3-8-13(11)19-20-14/h2-3,6,8,12H,4-5,7,9-10H2,1H3,(H,18,21)(H,19,20)(H,22,23). The Morgan fingerprint density at radius 2 is 2.17 bits per heavy atom. The summed E-state index contributed by atoms with van der Waals surface area (Å²) < 4.78 is 0. The van der Waals surface area contributed by atoms with Gasteiger partial charge >= 0.3 is 5.97 Å². The van der Waals surface area contributed by atoms with E-state index >= 15 is 0 Å². The molecule has 2 aromatic rings. The predicted octanol–water partition coefficient (Wildman–Crippen LogP) is 2.26. The quantitative estimate of drug-likeness (QED) is 0.806. The molecular weight excluding hydrogens is 294 g/mol. The minimum absolute atomic E-state index is 0.169. The SMILES string of the molecule is CC1(NC(=O)Cc2[nH]nc3ccccc23)CCCCC1C(=O)O. The van der Waals surface area contributed by atoms with Crippen LogP contribution in [0, 0.1) is 5.92 Å². The maximum Gasteiger partial charge on any atom is 0.308 e. The molecule has 1 aromatic carbocycles. The van der Waals surface area contributed by atoms with Crippen LogP contribution in [0.3, 0.4) is 0 Å². The van der Waals surface area contributed by atoms with Crippen LogP contribution in [0.15, 0.2) is 24.3 Å². The van der Waals surface area contributed by atoms with Crippen LogP contribution in [0.4, 0.5) is 0 Å². The number of H-pyrrole nitrogens is 1. The van der Waals surface area contributed by atoms with Gasteiger partial charge in [-0.2, -0.15) is 5.10 Å². The number of aliphatic carboxylic acids is 1. The number of rotatable bonds is 4. The minimum atomic E-state index is -0.834. The molecule has 0 bridgehead atoms. The lowest BCUT2D eigenvalue weighted by molar-refractivity contribution is -0.146. The van der Waals surface area contributed by atoms with Gasteiger partial charge < -0.3 is 10.4 Å². The molecule has 6 nitrogen and oxygen atoms in total. The molecule has 1 fully saturated rings. The van der Waals surface area contributed by atoms with E-state index < -0.39 is 17.4 Å². The van der Waals surface area contributed by atoms with Crippen molar-refractivity contribution in [2.45, 2.75) is 44.6 Å². The van der Waals surface area contributed by atoms with Crippen LogP contribution in [0.25, 0.3) is 10.9 Å². The number of nitrogens with one attached hydrogen (secondary N) is 2. The van der Waals surface area contributed by atoms with Crippen LogP contribution >= 0.6 is 0 Å². The number of hydrogen-bond acceptors (Lipinski definition) is 3. The number of carboxylic acids is 1. The molecule has 3 N–H and O–H groups in total. The van der Waals surface area contributed by atoms with Crippen molar-refractivity contribution in [3.05, 3.63) is 30.0 Å². The molecule has 1 heterocycles. The van der Waals surface area contributed by atoms with Crippen molar-refractivity contribution in [1.82, 2.24) is 15.5 Å². The van der Waals surface area contributed by atoms with E-state index in [9.17, 15) is 14.7 Å². The van der Waals surface area contributed by atoms with Gasteiger partial charge in [0.25, 0.3) is 0 Å². The molecule has 23 heavy (non-hydrogen) atoms. The molecule has 122 valence electrons. The number of carboxylic acid groups (broad SMARTS) is 1. The van der Waals surface area contributed by atoms with Crippen molar-refractivity contribution >= 4 is 22.8 Å². The lowest BCUT2D eigenvalue weighted by atomic mass is 9.74. The number of nitrogens with zero attached hydrogens (tertiary/aromatic N) is 1. The highest BCUT2D eigenvalue weighted by atomic mass is 16.4. The normalized spacial score (nSPS) is 24.5.